The lowest BCUT2D eigenvalue weighted by Crippen LogP contribution is -2.42. The molecule has 1 aliphatic heterocycles. The van der Waals surface area contributed by atoms with E-state index in [0.29, 0.717) is 6.04 Å². The molecule has 18 heavy (non-hydrogen) atoms. The Balaban J connectivity index is 1.84. The van der Waals surface area contributed by atoms with E-state index in [0.717, 1.165) is 18.8 Å². The molecule has 2 rings (SSSR count). The van der Waals surface area contributed by atoms with E-state index in [1.807, 2.05) is 11.7 Å². The van der Waals surface area contributed by atoms with Crippen LogP contribution in [0.25, 0.3) is 0 Å². The molecule has 0 aromatic carbocycles. The van der Waals surface area contributed by atoms with Gasteiger partial charge in [0.2, 0.25) is 0 Å². The maximum absolute atomic E-state index is 4.46. The summed E-state index contributed by atoms with van der Waals surface area (Å²) < 4.78 is 1.97. The fraction of sp³-hybridized carbons (Fsp3) is 0.786. The van der Waals surface area contributed by atoms with E-state index in [9.17, 15) is 0 Å². The number of likely N-dealkylation sites (tertiary alicyclic amines) is 1. The van der Waals surface area contributed by atoms with Gasteiger partial charge in [0, 0.05) is 37.4 Å². The van der Waals surface area contributed by atoms with Crippen molar-refractivity contribution >= 4 is 0 Å². The van der Waals surface area contributed by atoms with Gasteiger partial charge in [-0.05, 0) is 40.3 Å². The molecule has 1 saturated heterocycles. The first-order valence-corrected chi connectivity index (χ1v) is 6.99. The van der Waals surface area contributed by atoms with Crippen molar-refractivity contribution in [2.24, 2.45) is 7.05 Å². The highest BCUT2D eigenvalue weighted by Crippen LogP contribution is 2.15. The predicted molar refractivity (Wildman–Crippen MR) is 74.7 cm³/mol. The quantitative estimate of drug-likeness (QED) is 0.881. The molecule has 0 bridgehead atoms. The third-order valence-electron chi connectivity index (χ3n) is 4.26. The standard InChI is InChI=1S/C14H26N4/c1-11-14(12(2)18(4)16-11)10-15-9-13-7-5-6-8-17(13)3/h13,15H,5-10H2,1-4H3. The minimum atomic E-state index is 0.705. The molecule has 1 unspecified atom stereocenters. The third kappa shape index (κ3) is 2.93. The molecule has 1 fully saturated rings. The van der Waals surface area contributed by atoms with Gasteiger partial charge < -0.3 is 10.2 Å². The molecule has 0 amide bonds. The normalized spacial score (nSPS) is 21.4. The van der Waals surface area contributed by atoms with E-state index < -0.39 is 0 Å². The highest BCUT2D eigenvalue weighted by Gasteiger charge is 2.18. The molecule has 0 spiro atoms. The Morgan fingerprint density at radius 3 is 2.67 bits per heavy atom. The number of piperidine rings is 1. The van der Waals surface area contributed by atoms with Gasteiger partial charge in [0.15, 0.2) is 0 Å². The molecule has 1 atom stereocenters. The molecular weight excluding hydrogens is 224 g/mol. The monoisotopic (exact) mass is 250 g/mol. The molecule has 4 nitrogen and oxygen atoms in total. The van der Waals surface area contributed by atoms with Gasteiger partial charge in [-0.2, -0.15) is 5.10 Å². The van der Waals surface area contributed by atoms with Crippen LogP contribution in [0.15, 0.2) is 0 Å². The van der Waals surface area contributed by atoms with Gasteiger partial charge in [0.25, 0.3) is 0 Å². The molecule has 102 valence electrons. The summed E-state index contributed by atoms with van der Waals surface area (Å²) in [6.45, 7) is 7.51. The van der Waals surface area contributed by atoms with Crippen LogP contribution in [0, 0.1) is 13.8 Å². The molecule has 1 aromatic heterocycles. The second-order valence-electron chi connectivity index (χ2n) is 5.53. The summed E-state index contributed by atoms with van der Waals surface area (Å²) in [5, 5.41) is 8.06. The maximum Gasteiger partial charge on any atom is 0.0641 e. The van der Waals surface area contributed by atoms with Gasteiger partial charge in [-0.25, -0.2) is 0 Å². The first-order chi connectivity index (χ1) is 8.59. The molecule has 1 N–H and O–H groups in total. The molecule has 0 saturated carbocycles. The van der Waals surface area contributed by atoms with E-state index in [-0.39, 0.29) is 0 Å². The van der Waals surface area contributed by atoms with Crippen LogP contribution in [0.4, 0.5) is 0 Å². The SMILES string of the molecule is Cc1nn(C)c(C)c1CNCC1CCCCN1C. The molecule has 1 aromatic rings. The van der Waals surface area contributed by atoms with Crippen LogP contribution in [0.5, 0.6) is 0 Å². The fourth-order valence-electron chi connectivity index (χ4n) is 2.84. The maximum atomic E-state index is 4.46. The minimum absolute atomic E-state index is 0.705. The molecule has 0 aliphatic carbocycles. The van der Waals surface area contributed by atoms with Crippen molar-refractivity contribution in [1.29, 1.82) is 0 Å². The number of aromatic nitrogens is 2. The molecule has 1 aliphatic rings. The van der Waals surface area contributed by atoms with Gasteiger partial charge >= 0.3 is 0 Å². The van der Waals surface area contributed by atoms with Crippen molar-refractivity contribution in [2.45, 2.75) is 45.7 Å². The fourth-order valence-corrected chi connectivity index (χ4v) is 2.84. The van der Waals surface area contributed by atoms with Crippen LogP contribution in [0.2, 0.25) is 0 Å². The number of rotatable bonds is 4. The Hall–Kier alpha value is -0.870. The summed E-state index contributed by atoms with van der Waals surface area (Å²) in [5.41, 5.74) is 3.78. The van der Waals surface area contributed by atoms with Crippen LogP contribution >= 0.6 is 0 Å². The Morgan fingerprint density at radius 1 is 1.28 bits per heavy atom. The lowest BCUT2D eigenvalue weighted by molar-refractivity contribution is 0.181. The second kappa shape index (κ2) is 5.85. The lowest BCUT2D eigenvalue weighted by Gasteiger charge is -2.32. The van der Waals surface area contributed by atoms with E-state index in [1.165, 1.54) is 37.1 Å². The molecule has 4 heteroatoms. The average Bonchev–Trinajstić information content (AvgIpc) is 2.58. The van der Waals surface area contributed by atoms with Crippen LogP contribution in [-0.4, -0.2) is 40.9 Å². The first-order valence-electron chi connectivity index (χ1n) is 6.99. The summed E-state index contributed by atoms with van der Waals surface area (Å²) in [6, 6.07) is 0.705. The molecular formula is C14H26N4. The van der Waals surface area contributed by atoms with Gasteiger partial charge in [-0.1, -0.05) is 6.42 Å². The number of hydrogen-bond donors (Lipinski definition) is 1. The van der Waals surface area contributed by atoms with Crippen molar-refractivity contribution in [3.63, 3.8) is 0 Å². The van der Waals surface area contributed by atoms with Gasteiger partial charge in [-0.15, -0.1) is 0 Å². The first kappa shape index (κ1) is 13.6. The van der Waals surface area contributed by atoms with Crippen molar-refractivity contribution in [3.05, 3.63) is 17.0 Å². The highest BCUT2D eigenvalue weighted by atomic mass is 15.3. The summed E-state index contributed by atoms with van der Waals surface area (Å²) in [4.78, 5) is 2.49. The zero-order valence-corrected chi connectivity index (χ0v) is 12.2. The van der Waals surface area contributed by atoms with Crippen LogP contribution < -0.4 is 5.32 Å². The predicted octanol–water partition coefficient (Wildman–Crippen LogP) is 1.61. The van der Waals surface area contributed by atoms with Crippen molar-refractivity contribution < 1.29 is 0 Å². The highest BCUT2D eigenvalue weighted by molar-refractivity contribution is 5.23. The number of hydrogen-bond acceptors (Lipinski definition) is 3. The van der Waals surface area contributed by atoms with Gasteiger partial charge in [-0.3, -0.25) is 4.68 Å². The second-order valence-corrected chi connectivity index (χ2v) is 5.53. The zero-order chi connectivity index (χ0) is 13.1. The number of nitrogens with zero attached hydrogens (tertiary/aromatic N) is 3. The molecule has 0 radical (unpaired) electrons. The largest absolute Gasteiger partial charge is 0.311 e. The smallest absolute Gasteiger partial charge is 0.0641 e. The number of nitrogens with one attached hydrogen (secondary N) is 1. The van der Waals surface area contributed by atoms with Crippen LogP contribution in [0.1, 0.15) is 36.2 Å². The average molecular weight is 250 g/mol. The van der Waals surface area contributed by atoms with E-state index >= 15 is 0 Å². The van der Waals surface area contributed by atoms with E-state index in [4.69, 9.17) is 0 Å². The van der Waals surface area contributed by atoms with Gasteiger partial charge in [0.05, 0.1) is 5.69 Å². The third-order valence-corrected chi connectivity index (χ3v) is 4.26. The number of aryl methyl sites for hydroxylation is 2. The summed E-state index contributed by atoms with van der Waals surface area (Å²) in [7, 11) is 4.26. The Bertz CT molecular complexity index is 397. The van der Waals surface area contributed by atoms with Crippen molar-refractivity contribution in [2.75, 3.05) is 20.1 Å². The summed E-state index contributed by atoms with van der Waals surface area (Å²) in [5.74, 6) is 0. The molecule has 2 heterocycles. The van der Waals surface area contributed by atoms with Gasteiger partial charge in [0.1, 0.15) is 0 Å². The van der Waals surface area contributed by atoms with Crippen LogP contribution in [-0.2, 0) is 13.6 Å². The number of likely N-dealkylation sites (N-methyl/N-ethyl adjacent to an activating group) is 1. The van der Waals surface area contributed by atoms with Crippen molar-refractivity contribution in [3.8, 4) is 0 Å². The van der Waals surface area contributed by atoms with E-state index in [1.54, 1.807) is 0 Å². The Labute approximate surface area is 110 Å². The topological polar surface area (TPSA) is 33.1 Å². The summed E-state index contributed by atoms with van der Waals surface area (Å²) >= 11 is 0. The zero-order valence-electron chi connectivity index (χ0n) is 12.2. The van der Waals surface area contributed by atoms with Crippen molar-refractivity contribution in [1.82, 2.24) is 20.0 Å². The lowest BCUT2D eigenvalue weighted by atomic mass is 10.0. The Morgan fingerprint density at radius 2 is 2.06 bits per heavy atom. The van der Waals surface area contributed by atoms with Crippen LogP contribution in [0.3, 0.4) is 0 Å². The Kier molecular flexibility index (Phi) is 4.40. The summed E-state index contributed by atoms with van der Waals surface area (Å²) in [6.07, 6.45) is 4.06. The van der Waals surface area contributed by atoms with E-state index in [2.05, 4.69) is 36.2 Å². The minimum Gasteiger partial charge on any atom is -0.311 e.